The van der Waals surface area contributed by atoms with Gasteiger partial charge in [-0.2, -0.15) is 0 Å². The SMILES string of the molecule is Cc1nc(C2CC3CCC2O3)ncc1[C@@H](C)O. The Bertz CT molecular complexity index is 433. The summed E-state index contributed by atoms with van der Waals surface area (Å²) in [7, 11) is 0. The van der Waals surface area contributed by atoms with Crippen LogP contribution in [0.5, 0.6) is 0 Å². The van der Waals surface area contributed by atoms with E-state index < -0.39 is 6.10 Å². The third-order valence-electron chi connectivity index (χ3n) is 3.92. The average molecular weight is 234 g/mol. The van der Waals surface area contributed by atoms with Gasteiger partial charge in [0, 0.05) is 23.4 Å². The lowest BCUT2D eigenvalue weighted by Crippen LogP contribution is -2.18. The first kappa shape index (κ1) is 11.1. The van der Waals surface area contributed by atoms with Crippen LogP contribution >= 0.6 is 0 Å². The number of aliphatic hydroxyl groups excluding tert-OH is 1. The van der Waals surface area contributed by atoms with Crippen molar-refractivity contribution in [1.82, 2.24) is 9.97 Å². The van der Waals surface area contributed by atoms with E-state index in [9.17, 15) is 5.11 Å². The van der Waals surface area contributed by atoms with Crippen molar-refractivity contribution in [2.45, 2.75) is 57.3 Å². The molecule has 1 N–H and O–H groups in total. The summed E-state index contributed by atoms with van der Waals surface area (Å²) in [5, 5.41) is 9.56. The molecule has 2 saturated heterocycles. The number of hydrogen-bond donors (Lipinski definition) is 1. The summed E-state index contributed by atoms with van der Waals surface area (Å²) in [6.45, 7) is 3.67. The molecule has 17 heavy (non-hydrogen) atoms. The number of aromatic nitrogens is 2. The fraction of sp³-hybridized carbons (Fsp3) is 0.692. The Morgan fingerprint density at radius 3 is 2.82 bits per heavy atom. The lowest BCUT2D eigenvalue weighted by atomic mass is 9.88. The molecule has 0 radical (unpaired) electrons. The minimum atomic E-state index is -0.500. The maximum Gasteiger partial charge on any atom is 0.134 e. The average Bonchev–Trinajstić information content (AvgIpc) is 2.89. The molecular formula is C13H18N2O2. The second-order valence-electron chi connectivity index (χ2n) is 5.16. The molecule has 2 aliphatic rings. The molecule has 0 saturated carbocycles. The lowest BCUT2D eigenvalue weighted by molar-refractivity contribution is 0.0998. The molecule has 0 aliphatic carbocycles. The number of ether oxygens (including phenoxy) is 1. The van der Waals surface area contributed by atoms with Crippen LogP contribution in [0.4, 0.5) is 0 Å². The Labute approximate surface area is 101 Å². The Morgan fingerprint density at radius 2 is 2.29 bits per heavy atom. The van der Waals surface area contributed by atoms with Crippen LogP contribution in [0.2, 0.25) is 0 Å². The summed E-state index contributed by atoms with van der Waals surface area (Å²) in [5.41, 5.74) is 1.70. The van der Waals surface area contributed by atoms with Crippen molar-refractivity contribution in [3.63, 3.8) is 0 Å². The minimum absolute atomic E-state index is 0.316. The molecule has 2 fully saturated rings. The van der Waals surface area contributed by atoms with E-state index in [0.717, 1.165) is 29.9 Å². The molecular weight excluding hydrogens is 216 g/mol. The Morgan fingerprint density at radius 1 is 1.47 bits per heavy atom. The minimum Gasteiger partial charge on any atom is -0.389 e. The highest BCUT2D eigenvalue weighted by Crippen LogP contribution is 2.43. The first-order chi connectivity index (χ1) is 8.15. The van der Waals surface area contributed by atoms with E-state index >= 15 is 0 Å². The van der Waals surface area contributed by atoms with Crippen LogP contribution in [-0.4, -0.2) is 27.3 Å². The molecule has 3 unspecified atom stereocenters. The Hall–Kier alpha value is -1.00. The van der Waals surface area contributed by atoms with Crippen LogP contribution in [0.3, 0.4) is 0 Å². The van der Waals surface area contributed by atoms with Gasteiger partial charge in [0.25, 0.3) is 0 Å². The molecule has 3 rings (SSSR count). The van der Waals surface area contributed by atoms with Gasteiger partial charge in [0.2, 0.25) is 0 Å². The van der Waals surface area contributed by atoms with Crippen molar-refractivity contribution in [3.8, 4) is 0 Å². The summed E-state index contributed by atoms with van der Waals surface area (Å²) in [6.07, 6.45) is 5.37. The first-order valence-corrected chi connectivity index (χ1v) is 6.32. The lowest BCUT2D eigenvalue weighted by Gasteiger charge is -2.18. The van der Waals surface area contributed by atoms with Gasteiger partial charge in [0.05, 0.1) is 18.3 Å². The summed E-state index contributed by atoms with van der Waals surface area (Å²) in [6, 6.07) is 0. The van der Waals surface area contributed by atoms with E-state index in [4.69, 9.17) is 4.74 Å². The normalized spacial score (nSPS) is 33.0. The number of aliphatic hydroxyl groups is 1. The van der Waals surface area contributed by atoms with Crippen molar-refractivity contribution in [2.24, 2.45) is 0 Å². The van der Waals surface area contributed by atoms with Crippen LogP contribution in [0.25, 0.3) is 0 Å². The van der Waals surface area contributed by atoms with Crippen LogP contribution in [0.15, 0.2) is 6.20 Å². The molecule has 1 aromatic rings. The predicted molar refractivity (Wildman–Crippen MR) is 62.7 cm³/mol. The van der Waals surface area contributed by atoms with Crippen LogP contribution in [0.1, 0.15) is 55.3 Å². The summed E-state index contributed by atoms with van der Waals surface area (Å²) >= 11 is 0. The van der Waals surface area contributed by atoms with Crippen molar-refractivity contribution in [2.75, 3.05) is 0 Å². The van der Waals surface area contributed by atoms with Gasteiger partial charge in [-0.15, -0.1) is 0 Å². The standard InChI is InChI=1S/C13H18N2O2/c1-7-11(8(2)16)6-14-13(15-7)10-5-9-3-4-12(10)17-9/h6,8-10,12,16H,3-5H2,1-2H3/t8-,9?,10?,12?/m1/s1. The maximum atomic E-state index is 9.56. The van der Waals surface area contributed by atoms with E-state index in [1.54, 1.807) is 13.1 Å². The van der Waals surface area contributed by atoms with Gasteiger partial charge < -0.3 is 9.84 Å². The fourth-order valence-electron chi connectivity index (χ4n) is 2.99. The highest BCUT2D eigenvalue weighted by atomic mass is 16.5. The van der Waals surface area contributed by atoms with Crippen LogP contribution in [-0.2, 0) is 4.74 Å². The van der Waals surface area contributed by atoms with E-state index in [0.29, 0.717) is 18.1 Å². The third kappa shape index (κ3) is 1.85. The van der Waals surface area contributed by atoms with E-state index in [-0.39, 0.29) is 0 Å². The molecule has 2 aliphatic heterocycles. The summed E-state index contributed by atoms with van der Waals surface area (Å²) < 4.78 is 5.83. The monoisotopic (exact) mass is 234 g/mol. The van der Waals surface area contributed by atoms with Crippen molar-refractivity contribution < 1.29 is 9.84 Å². The molecule has 0 amide bonds. The molecule has 0 spiro atoms. The number of fused-ring (bicyclic) bond motifs is 2. The zero-order valence-electron chi connectivity index (χ0n) is 10.3. The highest BCUT2D eigenvalue weighted by Gasteiger charge is 2.42. The second-order valence-corrected chi connectivity index (χ2v) is 5.16. The predicted octanol–water partition coefficient (Wildman–Crippen LogP) is 1.87. The zero-order chi connectivity index (χ0) is 12.0. The van der Waals surface area contributed by atoms with E-state index in [1.165, 1.54) is 6.42 Å². The Kier molecular flexibility index (Phi) is 2.64. The topological polar surface area (TPSA) is 55.2 Å². The number of hydrogen-bond acceptors (Lipinski definition) is 4. The molecule has 4 atom stereocenters. The molecule has 3 heterocycles. The number of nitrogens with zero attached hydrogens (tertiary/aromatic N) is 2. The number of aryl methyl sites for hydroxylation is 1. The smallest absolute Gasteiger partial charge is 0.134 e. The fourth-order valence-corrected chi connectivity index (χ4v) is 2.99. The van der Waals surface area contributed by atoms with Gasteiger partial charge in [-0.3, -0.25) is 0 Å². The van der Waals surface area contributed by atoms with Gasteiger partial charge in [-0.05, 0) is 33.1 Å². The van der Waals surface area contributed by atoms with E-state index in [1.807, 2.05) is 6.92 Å². The van der Waals surface area contributed by atoms with Gasteiger partial charge in [-0.25, -0.2) is 9.97 Å². The highest BCUT2D eigenvalue weighted by molar-refractivity contribution is 5.20. The first-order valence-electron chi connectivity index (χ1n) is 6.32. The maximum absolute atomic E-state index is 9.56. The van der Waals surface area contributed by atoms with Gasteiger partial charge >= 0.3 is 0 Å². The van der Waals surface area contributed by atoms with Crippen molar-refractivity contribution in [3.05, 3.63) is 23.3 Å². The Balaban J connectivity index is 1.87. The summed E-state index contributed by atoms with van der Waals surface area (Å²) in [4.78, 5) is 8.95. The molecule has 0 aromatic carbocycles. The van der Waals surface area contributed by atoms with Crippen molar-refractivity contribution >= 4 is 0 Å². The number of rotatable bonds is 2. The second kappa shape index (κ2) is 4.03. The molecule has 4 nitrogen and oxygen atoms in total. The van der Waals surface area contributed by atoms with Gasteiger partial charge in [-0.1, -0.05) is 0 Å². The van der Waals surface area contributed by atoms with Crippen LogP contribution in [0, 0.1) is 6.92 Å². The van der Waals surface area contributed by atoms with Crippen LogP contribution < -0.4 is 0 Å². The molecule has 2 bridgehead atoms. The molecule has 92 valence electrons. The van der Waals surface area contributed by atoms with Crippen molar-refractivity contribution in [1.29, 1.82) is 0 Å². The third-order valence-corrected chi connectivity index (χ3v) is 3.92. The molecule has 4 heteroatoms. The zero-order valence-corrected chi connectivity index (χ0v) is 10.3. The largest absolute Gasteiger partial charge is 0.389 e. The van der Waals surface area contributed by atoms with Gasteiger partial charge in [0.1, 0.15) is 5.82 Å². The van der Waals surface area contributed by atoms with E-state index in [2.05, 4.69) is 9.97 Å². The van der Waals surface area contributed by atoms with Gasteiger partial charge in [0.15, 0.2) is 0 Å². The molecule has 1 aromatic heterocycles. The summed E-state index contributed by atoms with van der Waals surface area (Å²) in [5.74, 6) is 1.24. The quantitative estimate of drug-likeness (QED) is 0.848.